The van der Waals surface area contributed by atoms with Crippen molar-refractivity contribution in [1.82, 2.24) is 9.13 Å². The summed E-state index contributed by atoms with van der Waals surface area (Å²) in [5.41, 5.74) is -0.0375. The molecule has 132 valence electrons. The Bertz CT molecular complexity index is 1010. The molecule has 2 aromatic rings. The molecule has 0 spiro atoms. The number of aromatic hydroxyl groups is 1. The minimum Gasteiger partial charge on any atom is -0.494 e. The molecular formula is C16H16N2O6S. The van der Waals surface area contributed by atoms with Crippen molar-refractivity contribution in [2.24, 2.45) is 14.1 Å². The van der Waals surface area contributed by atoms with Gasteiger partial charge >= 0.3 is 5.97 Å². The Kier molecular flexibility index (Phi) is 4.03. The maximum Gasteiger partial charge on any atom is 0.343 e. The lowest BCUT2D eigenvalue weighted by molar-refractivity contribution is 0.0446. The molecular weight excluding hydrogens is 348 g/mol. The highest BCUT2D eigenvalue weighted by Gasteiger charge is 2.40. The summed E-state index contributed by atoms with van der Waals surface area (Å²) in [6.45, 7) is 0. The van der Waals surface area contributed by atoms with Gasteiger partial charge in [0.15, 0.2) is 22.4 Å². The monoisotopic (exact) mass is 364 g/mol. The van der Waals surface area contributed by atoms with E-state index in [1.807, 2.05) is 0 Å². The molecule has 0 aliphatic carbocycles. The van der Waals surface area contributed by atoms with Crippen molar-refractivity contribution in [3.63, 3.8) is 0 Å². The topological polar surface area (TPSA) is 91.9 Å². The van der Waals surface area contributed by atoms with Crippen LogP contribution in [0.15, 0.2) is 16.9 Å². The number of nitrogens with zero attached hydrogens (tertiary/aromatic N) is 2. The second-order valence-corrected chi connectivity index (χ2v) is 5.86. The molecule has 3 rings (SSSR count). The number of fused-ring (bicyclic) bond motifs is 1. The molecule has 1 aliphatic heterocycles. The van der Waals surface area contributed by atoms with E-state index in [1.54, 1.807) is 12.1 Å². The van der Waals surface area contributed by atoms with Crippen molar-refractivity contribution in [3.05, 3.63) is 43.9 Å². The van der Waals surface area contributed by atoms with Gasteiger partial charge in [-0.05, 0) is 18.3 Å². The second kappa shape index (κ2) is 5.92. The number of rotatable bonds is 3. The first-order valence-corrected chi connectivity index (χ1v) is 7.69. The van der Waals surface area contributed by atoms with Gasteiger partial charge in [-0.15, -0.1) is 0 Å². The van der Waals surface area contributed by atoms with Gasteiger partial charge in [-0.3, -0.25) is 13.9 Å². The fourth-order valence-electron chi connectivity index (χ4n) is 2.90. The zero-order chi connectivity index (χ0) is 18.5. The van der Waals surface area contributed by atoms with E-state index < -0.39 is 17.6 Å². The quantitative estimate of drug-likeness (QED) is 0.651. The van der Waals surface area contributed by atoms with Crippen LogP contribution in [-0.4, -0.2) is 34.4 Å². The van der Waals surface area contributed by atoms with Crippen LogP contribution in [0.4, 0.5) is 0 Å². The second-order valence-electron chi connectivity index (χ2n) is 5.49. The maximum absolute atomic E-state index is 12.6. The maximum atomic E-state index is 12.6. The van der Waals surface area contributed by atoms with Crippen molar-refractivity contribution >= 4 is 18.2 Å². The lowest BCUT2D eigenvalue weighted by Crippen LogP contribution is -2.27. The third-order valence-corrected chi connectivity index (χ3v) is 4.77. The van der Waals surface area contributed by atoms with E-state index in [1.165, 1.54) is 37.4 Å². The Morgan fingerprint density at radius 1 is 1.16 bits per heavy atom. The number of hydrogen-bond acceptors (Lipinski definition) is 7. The van der Waals surface area contributed by atoms with E-state index in [2.05, 4.69) is 0 Å². The Balaban J connectivity index is 2.31. The smallest absolute Gasteiger partial charge is 0.343 e. The highest BCUT2D eigenvalue weighted by atomic mass is 32.1. The van der Waals surface area contributed by atoms with E-state index in [4.69, 9.17) is 26.4 Å². The van der Waals surface area contributed by atoms with Crippen molar-refractivity contribution < 1.29 is 24.1 Å². The first-order valence-electron chi connectivity index (χ1n) is 7.28. The van der Waals surface area contributed by atoms with Crippen LogP contribution in [0.3, 0.4) is 0 Å². The largest absolute Gasteiger partial charge is 0.494 e. The van der Waals surface area contributed by atoms with Gasteiger partial charge in [-0.25, -0.2) is 4.79 Å². The molecule has 2 heterocycles. The molecule has 1 N–H and O–H groups in total. The number of esters is 1. The van der Waals surface area contributed by atoms with Crippen molar-refractivity contribution in [2.45, 2.75) is 6.10 Å². The van der Waals surface area contributed by atoms with Crippen LogP contribution in [0.2, 0.25) is 0 Å². The van der Waals surface area contributed by atoms with Gasteiger partial charge in [-0.1, -0.05) is 6.07 Å². The van der Waals surface area contributed by atoms with E-state index in [-0.39, 0.29) is 27.5 Å². The van der Waals surface area contributed by atoms with Crippen molar-refractivity contribution in [3.8, 4) is 17.4 Å². The zero-order valence-electron chi connectivity index (χ0n) is 14.0. The summed E-state index contributed by atoms with van der Waals surface area (Å²) in [7, 11) is 5.86. The molecule has 0 fully saturated rings. The lowest BCUT2D eigenvalue weighted by atomic mass is 9.99. The van der Waals surface area contributed by atoms with Gasteiger partial charge in [0.25, 0.3) is 5.56 Å². The van der Waals surface area contributed by atoms with Crippen molar-refractivity contribution in [2.75, 3.05) is 14.2 Å². The Morgan fingerprint density at radius 3 is 2.44 bits per heavy atom. The first-order chi connectivity index (χ1) is 11.8. The summed E-state index contributed by atoms with van der Waals surface area (Å²) in [6.07, 6.45) is -1.07. The summed E-state index contributed by atoms with van der Waals surface area (Å²) >= 11 is 5.10. The van der Waals surface area contributed by atoms with Gasteiger partial charge in [0, 0.05) is 19.7 Å². The molecule has 25 heavy (non-hydrogen) atoms. The predicted octanol–water partition coefficient (Wildman–Crippen LogP) is 1.44. The summed E-state index contributed by atoms with van der Waals surface area (Å²) < 4.78 is 18.5. The van der Waals surface area contributed by atoms with Gasteiger partial charge in [0.1, 0.15) is 11.1 Å². The van der Waals surface area contributed by atoms with Crippen LogP contribution in [-0.2, 0) is 18.8 Å². The van der Waals surface area contributed by atoms with E-state index in [9.17, 15) is 14.7 Å². The van der Waals surface area contributed by atoms with E-state index >= 15 is 0 Å². The number of cyclic esters (lactones) is 1. The normalized spacial score (nSPS) is 15.7. The summed E-state index contributed by atoms with van der Waals surface area (Å²) in [4.78, 5) is 25.0. The third kappa shape index (κ3) is 2.30. The zero-order valence-corrected chi connectivity index (χ0v) is 14.8. The van der Waals surface area contributed by atoms with Gasteiger partial charge in [-0.2, -0.15) is 0 Å². The van der Waals surface area contributed by atoms with Crippen LogP contribution in [0.5, 0.6) is 17.4 Å². The van der Waals surface area contributed by atoms with Crippen LogP contribution in [0.1, 0.15) is 27.6 Å². The number of methoxy groups -OCH3 is 2. The average molecular weight is 364 g/mol. The predicted molar refractivity (Wildman–Crippen MR) is 90.0 cm³/mol. The molecule has 0 saturated carbocycles. The van der Waals surface area contributed by atoms with E-state index in [0.717, 1.165) is 0 Å². The number of benzene rings is 1. The fourth-order valence-corrected chi connectivity index (χ4v) is 3.07. The Hall–Kier alpha value is -2.81. The number of carbonyl (C=O) groups excluding carboxylic acids is 1. The summed E-state index contributed by atoms with van der Waals surface area (Å²) in [6, 6.07) is 3.21. The fraction of sp³-hybridized carbons (Fsp3) is 0.312. The molecule has 9 heteroatoms. The van der Waals surface area contributed by atoms with Gasteiger partial charge < -0.3 is 19.3 Å². The van der Waals surface area contributed by atoms with Crippen LogP contribution < -0.4 is 15.0 Å². The number of ether oxygens (including phenoxy) is 3. The molecule has 0 radical (unpaired) electrons. The molecule has 1 aliphatic rings. The van der Waals surface area contributed by atoms with Gasteiger partial charge in [0.05, 0.1) is 14.2 Å². The summed E-state index contributed by atoms with van der Waals surface area (Å²) in [5, 5.41) is 10.4. The highest BCUT2D eigenvalue weighted by molar-refractivity contribution is 7.71. The van der Waals surface area contributed by atoms with E-state index in [0.29, 0.717) is 11.3 Å². The molecule has 1 unspecified atom stereocenters. The standard InChI is InChI=1S/C16H16N2O6S/c1-17-13(19)10(14(20)18(2)16(17)25)11-7-5-6-8(22-3)12(23-4)9(7)15(21)24-11/h5-6,11,19H,1-4H3. The van der Waals surface area contributed by atoms with Crippen molar-refractivity contribution in [1.29, 1.82) is 0 Å². The molecule has 8 nitrogen and oxygen atoms in total. The van der Waals surface area contributed by atoms with Gasteiger partial charge in [0.2, 0.25) is 5.88 Å². The highest BCUT2D eigenvalue weighted by Crippen LogP contribution is 2.44. The number of hydrogen-bond donors (Lipinski definition) is 1. The molecule has 1 aromatic heterocycles. The summed E-state index contributed by atoms with van der Waals surface area (Å²) in [5.74, 6) is -0.439. The molecule has 0 saturated heterocycles. The van der Waals surface area contributed by atoms with Crippen LogP contribution in [0, 0.1) is 4.77 Å². The molecule has 0 amide bonds. The van der Waals surface area contributed by atoms with Crippen LogP contribution >= 0.6 is 12.2 Å². The average Bonchev–Trinajstić information content (AvgIpc) is 2.94. The van der Waals surface area contributed by atoms with Crippen LogP contribution in [0.25, 0.3) is 0 Å². The lowest BCUT2D eigenvalue weighted by Gasteiger charge is -2.16. The minimum absolute atomic E-state index is 0.0714. The number of aromatic nitrogens is 2. The Morgan fingerprint density at radius 2 is 1.84 bits per heavy atom. The minimum atomic E-state index is -1.07. The number of carbonyl (C=O) groups is 1. The SMILES string of the molecule is COc1ccc2c(c1OC)C(=O)OC2c1c(O)n(C)c(=S)n(C)c1=O. The molecule has 1 aromatic carbocycles. The third-order valence-electron chi connectivity index (χ3n) is 4.22. The molecule has 1 atom stereocenters. The Labute approximate surface area is 147 Å². The first kappa shape index (κ1) is 17.0. The molecule has 0 bridgehead atoms.